The van der Waals surface area contributed by atoms with Crippen molar-refractivity contribution in [3.05, 3.63) is 77.0 Å². The number of aliphatic hydroxyl groups is 2. The van der Waals surface area contributed by atoms with Crippen LogP contribution < -0.4 is 0 Å². The molecule has 0 radical (unpaired) electrons. The SMILES string of the molecule is O/C=C(\O)c1ccc2c(c1)CN(Cc1ccccc1)C2. The molecule has 0 saturated heterocycles. The summed E-state index contributed by atoms with van der Waals surface area (Å²) in [5.41, 5.74) is 4.47. The number of rotatable bonds is 3. The molecule has 0 aromatic heterocycles. The van der Waals surface area contributed by atoms with Crippen molar-refractivity contribution < 1.29 is 10.2 Å². The highest BCUT2D eigenvalue weighted by Gasteiger charge is 2.19. The Morgan fingerprint density at radius 3 is 2.55 bits per heavy atom. The molecule has 1 aliphatic heterocycles. The maximum absolute atomic E-state index is 9.56. The zero-order valence-corrected chi connectivity index (χ0v) is 11.2. The van der Waals surface area contributed by atoms with Crippen molar-refractivity contribution in [2.24, 2.45) is 0 Å². The molecule has 0 spiro atoms. The lowest BCUT2D eigenvalue weighted by molar-refractivity contribution is 0.275. The molecule has 0 fully saturated rings. The molecule has 0 unspecified atom stereocenters. The number of aliphatic hydroxyl groups excluding tert-OH is 2. The summed E-state index contributed by atoms with van der Waals surface area (Å²) < 4.78 is 0. The molecule has 0 atom stereocenters. The standard InChI is InChI=1S/C17H17NO2/c19-12-17(20)14-6-7-15-10-18(11-16(15)8-14)9-13-4-2-1-3-5-13/h1-8,12,19-20H,9-11H2/b17-12-. The highest BCUT2D eigenvalue weighted by atomic mass is 16.3. The van der Waals surface area contributed by atoms with Gasteiger partial charge < -0.3 is 10.2 Å². The summed E-state index contributed by atoms with van der Waals surface area (Å²) in [5, 5.41) is 18.4. The summed E-state index contributed by atoms with van der Waals surface area (Å²) >= 11 is 0. The number of fused-ring (bicyclic) bond motifs is 1. The molecular weight excluding hydrogens is 250 g/mol. The average molecular weight is 267 g/mol. The summed E-state index contributed by atoms with van der Waals surface area (Å²) in [4.78, 5) is 2.36. The van der Waals surface area contributed by atoms with E-state index >= 15 is 0 Å². The first kappa shape index (κ1) is 12.8. The second-order valence-electron chi connectivity index (χ2n) is 5.13. The molecule has 1 aliphatic rings. The van der Waals surface area contributed by atoms with E-state index in [1.165, 1.54) is 16.7 Å². The van der Waals surface area contributed by atoms with E-state index in [1.807, 2.05) is 24.3 Å². The Kier molecular flexibility index (Phi) is 3.44. The van der Waals surface area contributed by atoms with E-state index < -0.39 is 0 Å². The minimum absolute atomic E-state index is 0.0886. The fourth-order valence-corrected chi connectivity index (χ4v) is 2.65. The largest absolute Gasteiger partial charge is 0.512 e. The van der Waals surface area contributed by atoms with Gasteiger partial charge in [0.05, 0.1) is 0 Å². The van der Waals surface area contributed by atoms with Gasteiger partial charge in [0.15, 0.2) is 5.76 Å². The third-order valence-corrected chi connectivity index (χ3v) is 3.66. The summed E-state index contributed by atoms with van der Waals surface area (Å²) in [7, 11) is 0. The molecule has 0 amide bonds. The molecule has 20 heavy (non-hydrogen) atoms. The predicted octanol–water partition coefficient (Wildman–Crippen LogP) is 3.62. The Labute approximate surface area is 118 Å². The van der Waals surface area contributed by atoms with Gasteiger partial charge in [-0.3, -0.25) is 4.90 Å². The van der Waals surface area contributed by atoms with Crippen molar-refractivity contribution in [1.29, 1.82) is 0 Å². The lowest BCUT2D eigenvalue weighted by atomic mass is 10.1. The lowest BCUT2D eigenvalue weighted by Gasteiger charge is -2.14. The Balaban J connectivity index is 1.75. The first-order valence-corrected chi connectivity index (χ1v) is 6.68. The second kappa shape index (κ2) is 5.39. The Morgan fingerprint density at radius 1 is 1.05 bits per heavy atom. The van der Waals surface area contributed by atoms with E-state index in [0.717, 1.165) is 25.9 Å². The van der Waals surface area contributed by atoms with Crippen LogP contribution in [0.2, 0.25) is 0 Å². The van der Waals surface area contributed by atoms with Gasteiger partial charge in [0, 0.05) is 25.2 Å². The van der Waals surface area contributed by atoms with Gasteiger partial charge in [-0.1, -0.05) is 42.5 Å². The first-order chi connectivity index (χ1) is 9.76. The van der Waals surface area contributed by atoms with E-state index in [-0.39, 0.29) is 5.76 Å². The van der Waals surface area contributed by atoms with Crippen molar-refractivity contribution >= 4 is 5.76 Å². The highest BCUT2D eigenvalue weighted by Crippen LogP contribution is 2.26. The Hall–Kier alpha value is -2.26. The fraction of sp³-hybridized carbons (Fsp3) is 0.176. The van der Waals surface area contributed by atoms with Crippen molar-refractivity contribution in [3.63, 3.8) is 0 Å². The molecule has 2 N–H and O–H groups in total. The van der Waals surface area contributed by atoms with Gasteiger partial charge in [-0.2, -0.15) is 0 Å². The molecule has 0 bridgehead atoms. The minimum atomic E-state index is -0.0886. The van der Waals surface area contributed by atoms with Crippen LogP contribution in [0.5, 0.6) is 0 Å². The molecule has 1 heterocycles. The van der Waals surface area contributed by atoms with Crippen LogP contribution in [-0.2, 0) is 19.6 Å². The quantitative estimate of drug-likeness (QED) is 0.835. The van der Waals surface area contributed by atoms with Crippen LogP contribution in [0.4, 0.5) is 0 Å². The molecule has 0 aliphatic carbocycles. The van der Waals surface area contributed by atoms with Crippen LogP contribution in [0, 0.1) is 0 Å². The molecule has 2 aromatic rings. The molecule has 102 valence electrons. The fourth-order valence-electron chi connectivity index (χ4n) is 2.65. The van der Waals surface area contributed by atoms with E-state index in [2.05, 4.69) is 29.2 Å². The van der Waals surface area contributed by atoms with Crippen LogP contribution in [0.1, 0.15) is 22.3 Å². The molecule has 3 heteroatoms. The number of benzene rings is 2. The van der Waals surface area contributed by atoms with Gasteiger partial charge in [-0.05, 0) is 22.8 Å². The summed E-state index contributed by atoms with van der Waals surface area (Å²) in [6.45, 7) is 2.72. The topological polar surface area (TPSA) is 43.7 Å². The third-order valence-electron chi connectivity index (χ3n) is 3.66. The molecule has 3 nitrogen and oxygen atoms in total. The Bertz CT molecular complexity index is 635. The summed E-state index contributed by atoms with van der Waals surface area (Å²) in [6, 6.07) is 16.2. The number of nitrogens with zero attached hydrogens (tertiary/aromatic N) is 1. The lowest BCUT2D eigenvalue weighted by Crippen LogP contribution is -2.15. The van der Waals surface area contributed by atoms with Gasteiger partial charge in [0.2, 0.25) is 0 Å². The van der Waals surface area contributed by atoms with E-state index in [0.29, 0.717) is 5.56 Å². The van der Waals surface area contributed by atoms with Crippen LogP contribution in [0.25, 0.3) is 5.76 Å². The normalized spacial score (nSPS) is 15.3. The van der Waals surface area contributed by atoms with E-state index in [1.54, 1.807) is 0 Å². The van der Waals surface area contributed by atoms with Crippen LogP contribution in [0.3, 0.4) is 0 Å². The van der Waals surface area contributed by atoms with E-state index in [9.17, 15) is 5.11 Å². The first-order valence-electron chi connectivity index (χ1n) is 6.68. The van der Waals surface area contributed by atoms with Gasteiger partial charge in [0.25, 0.3) is 0 Å². The Morgan fingerprint density at radius 2 is 1.80 bits per heavy atom. The van der Waals surface area contributed by atoms with Crippen LogP contribution in [-0.4, -0.2) is 15.1 Å². The molecule has 3 rings (SSSR count). The zero-order chi connectivity index (χ0) is 13.9. The molecular formula is C17H17NO2. The maximum atomic E-state index is 9.56. The zero-order valence-electron chi connectivity index (χ0n) is 11.2. The van der Waals surface area contributed by atoms with Gasteiger partial charge in [0.1, 0.15) is 6.26 Å². The third kappa shape index (κ3) is 2.53. The van der Waals surface area contributed by atoms with Crippen molar-refractivity contribution in [3.8, 4) is 0 Å². The van der Waals surface area contributed by atoms with Crippen molar-refractivity contribution in [2.45, 2.75) is 19.6 Å². The van der Waals surface area contributed by atoms with Crippen molar-refractivity contribution in [2.75, 3.05) is 0 Å². The maximum Gasteiger partial charge on any atom is 0.157 e. The number of hydrogen-bond donors (Lipinski definition) is 2. The predicted molar refractivity (Wildman–Crippen MR) is 79.1 cm³/mol. The van der Waals surface area contributed by atoms with Gasteiger partial charge in [-0.15, -0.1) is 0 Å². The minimum Gasteiger partial charge on any atom is -0.512 e. The van der Waals surface area contributed by atoms with Crippen LogP contribution in [0.15, 0.2) is 54.8 Å². The van der Waals surface area contributed by atoms with Crippen LogP contribution >= 0.6 is 0 Å². The molecule has 0 saturated carbocycles. The summed E-state index contributed by atoms with van der Waals surface area (Å²) in [6.07, 6.45) is 0.735. The average Bonchev–Trinajstić information content (AvgIpc) is 2.88. The van der Waals surface area contributed by atoms with Gasteiger partial charge >= 0.3 is 0 Å². The monoisotopic (exact) mass is 267 g/mol. The van der Waals surface area contributed by atoms with Gasteiger partial charge in [-0.25, -0.2) is 0 Å². The number of hydrogen-bond acceptors (Lipinski definition) is 3. The summed E-state index contributed by atoms with van der Waals surface area (Å²) in [5.74, 6) is -0.0886. The second-order valence-corrected chi connectivity index (χ2v) is 5.13. The van der Waals surface area contributed by atoms with E-state index in [4.69, 9.17) is 5.11 Å². The smallest absolute Gasteiger partial charge is 0.157 e. The van der Waals surface area contributed by atoms with Crippen molar-refractivity contribution in [1.82, 2.24) is 4.90 Å². The highest BCUT2D eigenvalue weighted by molar-refractivity contribution is 5.59. The molecule has 2 aromatic carbocycles.